The Hall–Kier alpha value is -3.26. The second-order valence-corrected chi connectivity index (χ2v) is 9.01. The van der Waals surface area contributed by atoms with Gasteiger partial charge in [-0.3, -0.25) is 4.98 Å². The molecule has 0 aliphatic carbocycles. The molecule has 34 heavy (non-hydrogen) atoms. The van der Waals surface area contributed by atoms with E-state index in [2.05, 4.69) is 10.3 Å². The van der Waals surface area contributed by atoms with Crippen molar-refractivity contribution in [3.63, 3.8) is 0 Å². The van der Waals surface area contributed by atoms with Gasteiger partial charge in [0.1, 0.15) is 17.6 Å². The van der Waals surface area contributed by atoms with Gasteiger partial charge in [0.2, 0.25) is 6.79 Å². The molecule has 0 saturated carbocycles. The fourth-order valence-corrected chi connectivity index (χ4v) is 5.05. The second kappa shape index (κ2) is 8.51. The van der Waals surface area contributed by atoms with Crippen molar-refractivity contribution >= 4 is 46.2 Å². The minimum Gasteiger partial charge on any atom is -0.459 e. The molecule has 2 aliphatic rings. The average Bonchev–Trinajstić information content (AvgIpc) is 3.59. The highest BCUT2D eigenvalue weighted by molar-refractivity contribution is 7.80. The molecule has 4 aromatic rings. The lowest BCUT2D eigenvalue weighted by molar-refractivity contribution is 0.174. The topological polar surface area (TPSA) is 59.8 Å². The van der Waals surface area contributed by atoms with Crippen LogP contribution >= 0.6 is 35.4 Å². The van der Waals surface area contributed by atoms with Gasteiger partial charge in [-0.05, 0) is 60.7 Å². The summed E-state index contributed by atoms with van der Waals surface area (Å²) in [5.74, 6) is 2.69. The largest absolute Gasteiger partial charge is 0.459 e. The van der Waals surface area contributed by atoms with E-state index in [4.69, 9.17) is 49.3 Å². The molecule has 4 heterocycles. The Balaban J connectivity index is 1.46. The lowest BCUT2D eigenvalue weighted by atomic mass is 10.0. The molecule has 2 atom stereocenters. The van der Waals surface area contributed by atoms with Crippen LogP contribution in [0.25, 0.3) is 11.3 Å². The van der Waals surface area contributed by atoms with Gasteiger partial charge in [0.15, 0.2) is 16.6 Å². The fraction of sp³-hybridized carbons (Fsp3) is 0.120. The number of hydrogen-bond acceptors (Lipinski definition) is 5. The third kappa shape index (κ3) is 3.57. The summed E-state index contributed by atoms with van der Waals surface area (Å²) in [6, 6.07) is 20.3. The van der Waals surface area contributed by atoms with E-state index in [-0.39, 0.29) is 18.9 Å². The molecule has 1 saturated heterocycles. The first kappa shape index (κ1) is 21.3. The predicted molar refractivity (Wildman–Crippen MR) is 135 cm³/mol. The number of benzene rings is 2. The first-order chi connectivity index (χ1) is 16.6. The van der Waals surface area contributed by atoms with Gasteiger partial charge >= 0.3 is 0 Å². The summed E-state index contributed by atoms with van der Waals surface area (Å²) in [7, 11) is 0. The van der Waals surface area contributed by atoms with E-state index in [0.29, 0.717) is 38.2 Å². The van der Waals surface area contributed by atoms with E-state index in [1.165, 1.54) is 0 Å². The molecule has 0 amide bonds. The summed E-state index contributed by atoms with van der Waals surface area (Å²) >= 11 is 18.5. The lowest BCUT2D eigenvalue weighted by Gasteiger charge is -2.26. The van der Waals surface area contributed by atoms with Crippen molar-refractivity contribution in [3.8, 4) is 22.8 Å². The number of nitrogens with one attached hydrogen (secondary N) is 1. The first-order valence-corrected chi connectivity index (χ1v) is 11.7. The molecule has 1 N–H and O–H groups in total. The molecular weight excluding hydrogens is 493 g/mol. The Labute approximate surface area is 211 Å². The van der Waals surface area contributed by atoms with Crippen molar-refractivity contribution in [2.45, 2.75) is 12.1 Å². The molecule has 0 unspecified atom stereocenters. The second-order valence-electron chi connectivity index (χ2n) is 7.84. The average molecular weight is 510 g/mol. The first-order valence-electron chi connectivity index (χ1n) is 10.5. The minimum atomic E-state index is -0.311. The molecule has 6 nitrogen and oxygen atoms in total. The number of thiocarbonyl (C=S) groups is 1. The van der Waals surface area contributed by atoms with Crippen molar-refractivity contribution in [2.24, 2.45) is 0 Å². The van der Waals surface area contributed by atoms with Crippen LogP contribution in [0.15, 0.2) is 77.3 Å². The minimum absolute atomic E-state index is 0.198. The van der Waals surface area contributed by atoms with E-state index < -0.39 is 0 Å². The zero-order valence-electron chi connectivity index (χ0n) is 17.6. The molecule has 0 radical (unpaired) electrons. The summed E-state index contributed by atoms with van der Waals surface area (Å²) in [5.41, 5.74) is 2.42. The SMILES string of the molecule is S=C1N[C@H](c2ccccn2)[C@@H](c2ccc(-c3cccc(Cl)c3Cl)o2)N1c1ccc2c(c1)OCO2. The van der Waals surface area contributed by atoms with Crippen LogP contribution in [0, 0.1) is 0 Å². The lowest BCUT2D eigenvalue weighted by Crippen LogP contribution is -2.29. The molecule has 9 heteroatoms. The van der Waals surface area contributed by atoms with Crippen molar-refractivity contribution in [2.75, 3.05) is 11.7 Å². The van der Waals surface area contributed by atoms with Gasteiger partial charge in [-0.25, -0.2) is 0 Å². The smallest absolute Gasteiger partial charge is 0.231 e. The summed E-state index contributed by atoms with van der Waals surface area (Å²) in [6.07, 6.45) is 1.76. The highest BCUT2D eigenvalue weighted by Crippen LogP contribution is 2.46. The number of anilines is 1. The van der Waals surface area contributed by atoms with E-state index in [9.17, 15) is 0 Å². The summed E-state index contributed by atoms with van der Waals surface area (Å²) in [5, 5.41) is 4.88. The Bertz CT molecular complexity index is 1400. The summed E-state index contributed by atoms with van der Waals surface area (Å²) in [6.45, 7) is 0.198. The number of rotatable bonds is 4. The van der Waals surface area contributed by atoms with Crippen LogP contribution in [0.5, 0.6) is 11.5 Å². The molecule has 2 aliphatic heterocycles. The summed E-state index contributed by atoms with van der Waals surface area (Å²) < 4.78 is 17.4. The fourth-order valence-electron chi connectivity index (χ4n) is 4.31. The normalized spacial score (nSPS) is 18.9. The Morgan fingerprint density at radius 3 is 2.71 bits per heavy atom. The maximum atomic E-state index is 6.45. The van der Waals surface area contributed by atoms with Gasteiger partial charge in [0.25, 0.3) is 0 Å². The molecule has 2 aromatic heterocycles. The highest BCUT2D eigenvalue weighted by Gasteiger charge is 2.43. The van der Waals surface area contributed by atoms with Crippen molar-refractivity contribution in [1.82, 2.24) is 10.3 Å². The van der Waals surface area contributed by atoms with Crippen LogP contribution in [0.4, 0.5) is 5.69 Å². The summed E-state index contributed by atoms with van der Waals surface area (Å²) in [4.78, 5) is 6.59. The molecule has 170 valence electrons. The molecular formula is C25H17Cl2N3O3S. The van der Waals surface area contributed by atoms with E-state index in [0.717, 1.165) is 16.9 Å². The number of halogens is 2. The molecule has 0 bridgehead atoms. The van der Waals surface area contributed by atoms with Gasteiger partial charge in [-0.2, -0.15) is 0 Å². The zero-order valence-corrected chi connectivity index (χ0v) is 19.9. The zero-order chi connectivity index (χ0) is 23.2. The molecule has 0 spiro atoms. The number of nitrogens with zero attached hydrogens (tertiary/aromatic N) is 2. The standard InChI is InChI=1S/C25H17Cl2N3O3S/c26-16-5-3-4-15(22(16)27)18-9-10-20(33-18)24-23(17-6-1-2-11-28-17)29-25(34)30(24)14-7-8-19-21(12-14)32-13-31-19/h1-12,23-24H,13H2,(H,29,34)/t23-,24-/m1/s1. The van der Waals surface area contributed by atoms with Gasteiger partial charge in [0.05, 0.1) is 21.8 Å². The Morgan fingerprint density at radius 1 is 0.971 bits per heavy atom. The number of aromatic nitrogens is 1. The van der Waals surface area contributed by atoms with E-state index in [1.807, 2.05) is 65.6 Å². The van der Waals surface area contributed by atoms with Crippen LogP contribution in [-0.4, -0.2) is 16.9 Å². The van der Waals surface area contributed by atoms with Crippen molar-refractivity contribution in [1.29, 1.82) is 0 Å². The van der Waals surface area contributed by atoms with Crippen LogP contribution < -0.4 is 19.7 Å². The van der Waals surface area contributed by atoms with Crippen LogP contribution in [0.3, 0.4) is 0 Å². The number of fused-ring (bicyclic) bond motifs is 1. The van der Waals surface area contributed by atoms with Gasteiger partial charge in [-0.1, -0.05) is 35.3 Å². The third-order valence-electron chi connectivity index (χ3n) is 5.87. The molecule has 1 fully saturated rings. The number of ether oxygens (including phenoxy) is 2. The van der Waals surface area contributed by atoms with Crippen LogP contribution in [-0.2, 0) is 0 Å². The van der Waals surface area contributed by atoms with E-state index >= 15 is 0 Å². The van der Waals surface area contributed by atoms with Gasteiger partial charge < -0.3 is 24.1 Å². The van der Waals surface area contributed by atoms with Crippen molar-refractivity contribution < 1.29 is 13.9 Å². The maximum Gasteiger partial charge on any atom is 0.231 e. The van der Waals surface area contributed by atoms with Gasteiger partial charge in [-0.15, -0.1) is 0 Å². The van der Waals surface area contributed by atoms with Crippen molar-refractivity contribution in [3.05, 3.63) is 94.4 Å². The molecule has 6 rings (SSSR count). The van der Waals surface area contributed by atoms with Crippen LogP contribution in [0.2, 0.25) is 10.0 Å². The molecule has 2 aromatic carbocycles. The van der Waals surface area contributed by atoms with Gasteiger partial charge in [0, 0.05) is 23.5 Å². The highest BCUT2D eigenvalue weighted by atomic mass is 35.5. The Kier molecular flexibility index (Phi) is 5.32. The third-order valence-corrected chi connectivity index (χ3v) is 7.00. The van der Waals surface area contributed by atoms with Crippen LogP contribution in [0.1, 0.15) is 23.5 Å². The number of pyridine rings is 1. The number of hydrogen-bond donors (Lipinski definition) is 1. The monoisotopic (exact) mass is 509 g/mol. The quantitative estimate of drug-likeness (QED) is 0.312. The maximum absolute atomic E-state index is 6.45. The number of furan rings is 1. The van der Waals surface area contributed by atoms with E-state index in [1.54, 1.807) is 12.3 Å². The predicted octanol–water partition coefficient (Wildman–Crippen LogP) is 6.55. The Morgan fingerprint density at radius 2 is 1.85 bits per heavy atom.